The van der Waals surface area contributed by atoms with Crippen LogP contribution in [0, 0.1) is 5.92 Å². The Morgan fingerprint density at radius 1 is 1.21 bits per heavy atom. The van der Waals surface area contributed by atoms with Gasteiger partial charge >= 0.3 is 0 Å². The highest BCUT2D eigenvalue weighted by molar-refractivity contribution is 6.30. The molecule has 2 rings (SSSR count). The van der Waals surface area contributed by atoms with E-state index in [1.54, 1.807) is 24.0 Å². The molecule has 1 aromatic carbocycles. The molecular weight excluding hydrogens is 380 g/mol. The van der Waals surface area contributed by atoms with E-state index in [0.29, 0.717) is 24.5 Å². The summed E-state index contributed by atoms with van der Waals surface area (Å²) in [5.74, 6) is -0.932. The van der Waals surface area contributed by atoms with Crippen LogP contribution in [0.4, 0.5) is 0 Å². The fourth-order valence-corrected chi connectivity index (χ4v) is 3.32. The summed E-state index contributed by atoms with van der Waals surface area (Å²) in [5.41, 5.74) is 6.54. The van der Waals surface area contributed by atoms with Crippen molar-refractivity contribution in [1.82, 2.24) is 15.5 Å². The van der Waals surface area contributed by atoms with Gasteiger partial charge < -0.3 is 21.3 Å². The maximum absolute atomic E-state index is 13.0. The minimum absolute atomic E-state index is 0.117. The lowest BCUT2D eigenvalue weighted by atomic mass is 10.0. The average Bonchev–Trinajstić information content (AvgIpc) is 3.14. The minimum Gasteiger partial charge on any atom is -0.350 e. The Bertz CT molecular complexity index is 706. The van der Waals surface area contributed by atoms with Crippen LogP contribution in [-0.2, 0) is 20.9 Å². The Kier molecular flexibility index (Phi) is 7.83. The molecule has 0 radical (unpaired) electrons. The van der Waals surface area contributed by atoms with Crippen molar-refractivity contribution in [2.75, 3.05) is 6.54 Å². The molecule has 1 fully saturated rings. The summed E-state index contributed by atoms with van der Waals surface area (Å²) in [6, 6.07) is 5.28. The molecule has 1 aromatic rings. The standard InChI is InChI=1S/C20H29ClN4O3/c1-12(2)17(24-18(26)13(3)22)20(28)25-10-4-5-16(25)19(27)23-11-14-6-8-15(21)9-7-14/h6-9,12-13,16-17H,4-5,10-11,22H2,1-3H3,(H,23,27)(H,24,26)/t13-,16-,17-/m0/s1. The topological polar surface area (TPSA) is 105 Å². The van der Waals surface area contributed by atoms with E-state index in [-0.39, 0.29) is 23.6 Å². The first kappa shape index (κ1) is 22.2. The summed E-state index contributed by atoms with van der Waals surface area (Å²) < 4.78 is 0. The molecule has 0 aromatic heterocycles. The van der Waals surface area contributed by atoms with E-state index in [2.05, 4.69) is 10.6 Å². The van der Waals surface area contributed by atoms with Gasteiger partial charge in [0.1, 0.15) is 12.1 Å². The number of amides is 3. The first-order valence-corrected chi connectivity index (χ1v) is 9.97. The number of carbonyl (C=O) groups is 3. The number of nitrogens with zero attached hydrogens (tertiary/aromatic N) is 1. The smallest absolute Gasteiger partial charge is 0.246 e. The van der Waals surface area contributed by atoms with E-state index in [0.717, 1.165) is 12.0 Å². The Morgan fingerprint density at radius 3 is 2.43 bits per heavy atom. The van der Waals surface area contributed by atoms with Crippen molar-refractivity contribution in [2.24, 2.45) is 11.7 Å². The molecule has 0 spiro atoms. The van der Waals surface area contributed by atoms with Crippen molar-refractivity contribution in [3.63, 3.8) is 0 Å². The largest absolute Gasteiger partial charge is 0.350 e. The van der Waals surface area contributed by atoms with Crippen molar-refractivity contribution in [1.29, 1.82) is 0 Å². The van der Waals surface area contributed by atoms with E-state index in [9.17, 15) is 14.4 Å². The Morgan fingerprint density at radius 2 is 1.86 bits per heavy atom. The second-order valence-electron chi connectivity index (χ2n) is 7.55. The summed E-state index contributed by atoms with van der Waals surface area (Å²) in [6.45, 7) is 6.14. The highest BCUT2D eigenvalue weighted by Gasteiger charge is 2.38. The number of carbonyl (C=O) groups excluding carboxylic acids is 3. The van der Waals surface area contributed by atoms with Crippen LogP contribution in [0.25, 0.3) is 0 Å². The van der Waals surface area contributed by atoms with E-state index in [1.807, 2.05) is 26.0 Å². The van der Waals surface area contributed by atoms with Gasteiger partial charge in [0.15, 0.2) is 0 Å². The van der Waals surface area contributed by atoms with Crippen molar-refractivity contribution in [3.8, 4) is 0 Å². The highest BCUT2D eigenvalue weighted by Crippen LogP contribution is 2.21. The van der Waals surface area contributed by atoms with Gasteiger partial charge in [-0.25, -0.2) is 0 Å². The molecule has 154 valence electrons. The first-order chi connectivity index (χ1) is 13.2. The van der Waals surface area contributed by atoms with Gasteiger partial charge in [-0.3, -0.25) is 14.4 Å². The predicted molar refractivity (Wildman–Crippen MR) is 108 cm³/mol. The van der Waals surface area contributed by atoms with Gasteiger partial charge in [0, 0.05) is 18.1 Å². The Hall–Kier alpha value is -2.12. The third-order valence-corrected chi connectivity index (χ3v) is 5.11. The number of rotatable bonds is 7. The van der Waals surface area contributed by atoms with Gasteiger partial charge in [0.25, 0.3) is 0 Å². The first-order valence-electron chi connectivity index (χ1n) is 9.59. The van der Waals surface area contributed by atoms with Crippen LogP contribution in [0.15, 0.2) is 24.3 Å². The zero-order valence-corrected chi connectivity index (χ0v) is 17.3. The highest BCUT2D eigenvalue weighted by atomic mass is 35.5. The van der Waals surface area contributed by atoms with Gasteiger partial charge in [0.2, 0.25) is 17.7 Å². The number of likely N-dealkylation sites (tertiary alicyclic amines) is 1. The summed E-state index contributed by atoms with van der Waals surface area (Å²) >= 11 is 5.87. The number of benzene rings is 1. The molecule has 1 aliphatic heterocycles. The number of halogens is 1. The predicted octanol–water partition coefficient (Wildman–Crippen LogP) is 1.44. The van der Waals surface area contributed by atoms with Crippen molar-refractivity contribution in [3.05, 3.63) is 34.9 Å². The third-order valence-electron chi connectivity index (χ3n) is 4.86. The van der Waals surface area contributed by atoms with Crippen LogP contribution in [0.5, 0.6) is 0 Å². The maximum Gasteiger partial charge on any atom is 0.246 e. The van der Waals surface area contributed by atoms with E-state index in [1.165, 1.54) is 0 Å². The minimum atomic E-state index is -0.705. The second-order valence-corrected chi connectivity index (χ2v) is 7.99. The van der Waals surface area contributed by atoms with Gasteiger partial charge in [-0.2, -0.15) is 0 Å². The second kappa shape index (κ2) is 9.89. The van der Waals surface area contributed by atoms with E-state index < -0.39 is 18.1 Å². The number of nitrogens with one attached hydrogen (secondary N) is 2. The van der Waals surface area contributed by atoms with Crippen molar-refractivity contribution in [2.45, 2.75) is 58.3 Å². The summed E-state index contributed by atoms with van der Waals surface area (Å²) in [4.78, 5) is 39.3. The molecule has 0 aliphatic carbocycles. The summed E-state index contributed by atoms with van der Waals surface area (Å²) in [6.07, 6.45) is 1.35. The fraction of sp³-hybridized carbons (Fsp3) is 0.550. The van der Waals surface area contributed by atoms with Crippen LogP contribution in [-0.4, -0.2) is 47.3 Å². The van der Waals surface area contributed by atoms with Crippen LogP contribution in [0.1, 0.15) is 39.2 Å². The van der Waals surface area contributed by atoms with Crippen LogP contribution >= 0.6 is 11.6 Å². The van der Waals surface area contributed by atoms with Crippen molar-refractivity contribution >= 4 is 29.3 Å². The molecule has 0 saturated carbocycles. The van der Waals surface area contributed by atoms with Gasteiger partial charge in [-0.05, 0) is 43.4 Å². The van der Waals surface area contributed by atoms with E-state index >= 15 is 0 Å². The molecular formula is C20H29ClN4O3. The maximum atomic E-state index is 13.0. The zero-order chi connectivity index (χ0) is 20.8. The molecule has 0 unspecified atom stereocenters. The summed E-state index contributed by atoms with van der Waals surface area (Å²) in [5, 5.41) is 6.24. The molecule has 28 heavy (non-hydrogen) atoms. The molecule has 0 bridgehead atoms. The number of hydrogen-bond acceptors (Lipinski definition) is 4. The molecule has 4 N–H and O–H groups in total. The Balaban J connectivity index is 2.02. The van der Waals surface area contributed by atoms with E-state index in [4.69, 9.17) is 17.3 Å². The lowest BCUT2D eigenvalue weighted by Gasteiger charge is -2.30. The van der Waals surface area contributed by atoms with Crippen molar-refractivity contribution < 1.29 is 14.4 Å². The fourth-order valence-electron chi connectivity index (χ4n) is 3.19. The molecule has 7 nitrogen and oxygen atoms in total. The summed E-state index contributed by atoms with van der Waals surface area (Å²) in [7, 11) is 0. The lowest BCUT2D eigenvalue weighted by Crippen LogP contribution is -2.56. The Labute approximate surface area is 171 Å². The monoisotopic (exact) mass is 408 g/mol. The number of hydrogen-bond donors (Lipinski definition) is 3. The van der Waals surface area contributed by atoms with Gasteiger partial charge in [-0.15, -0.1) is 0 Å². The van der Waals surface area contributed by atoms with Crippen LogP contribution < -0.4 is 16.4 Å². The normalized spacial score (nSPS) is 18.6. The quantitative estimate of drug-likeness (QED) is 0.634. The zero-order valence-electron chi connectivity index (χ0n) is 16.6. The average molecular weight is 409 g/mol. The third kappa shape index (κ3) is 5.69. The number of nitrogens with two attached hydrogens (primary N) is 1. The van der Waals surface area contributed by atoms with Crippen LogP contribution in [0.2, 0.25) is 5.02 Å². The molecule has 3 atom stereocenters. The SMILES string of the molecule is CC(C)[C@H](NC(=O)[C@H](C)N)C(=O)N1CCC[C@H]1C(=O)NCc1ccc(Cl)cc1. The van der Waals surface area contributed by atoms with Gasteiger partial charge in [-0.1, -0.05) is 37.6 Å². The lowest BCUT2D eigenvalue weighted by molar-refractivity contribution is -0.142. The molecule has 1 aliphatic rings. The van der Waals surface area contributed by atoms with Crippen LogP contribution in [0.3, 0.4) is 0 Å². The molecule has 1 saturated heterocycles. The molecule has 1 heterocycles. The molecule has 3 amide bonds. The van der Waals surface area contributed by atoms with Gasteiger partial charge in [0.05, 0.1) is 6.04 Å². The molecule has 8 heteroatoms.